The van der Waals surface area contributed by atoms with Crippen LogP contribution in [0, 0.1) is 31.1 Å². The van der Waals surface area contributed by atoms with E-state index in [1.807, 2.05) is 13.8 Å². The maximum atomic E-state index is 10.5. The highest BCUT2D eigenvalue weighted by Gasteiger charge is 2.40. The molecule has 220 valence electrons. The molecular weight excluding hydrogens is 540 g/mol. The number of aryl methyl sites for hydroxylation is 2. The highest BCUT2D eigenvalue weighted by molar-refractivity contribution is 7.86. The molecule has 4 N–H and O–H groups in total. The SMILES string of the molecule is CC(C)(C1CCC(O)CC1)C1CCC(O)CC1.Cc1ccc(S(=O)(=O)O)cc1.Cc1ccc(S(=O)(=O)O)cc1. The van der Waals surface area contributed by atoms with Gasteiger partial charge in [0.2, 0.25) is 0 Å². The van der Waals surface area contributed by atoms with Gasteiger partial charge in [-0.25, -0.2) is 0 Å². The summed E-state index contributed by atoms with van der Waals surface area (Å²) in [5.41, 5.74) is 2.30. The number of hydrogen-bond donors (Lipinski definition) is 4. The summed E-state index contributed by atoms with van der Waals surface area (Å²) in [6.45, 7) is 8.51. The van der Waals surface area contributed by atoms with E-state index >= 15 is 0 Å². The van der Waals surface area contributed by atoms with E-state index in [9.17, 15) is 27.0 Å². The third-order valence-electron chi connectivity index (χ3n) is 8.14. The minimum absolute atomic E-state index is 0.0461. The molecule has 4 rings (SSSR count). The van der Waals surface area contributed by atoms with E-state index in [1.165, 1.54) is 49.9 Å². The molecule has 2 aliphatic carbocycles. The number of benzene rings is 2. The molecule has 0 aromatic heterocycles. The molecule has 39 heavy (non-hydrogen) atoms. The fourth-order valence-electron chi connectivity index (χ4n) is 5.39. The Labute approximate surface area is 234 Å². The van der Waals surface area contributed by atoms with Gasteiger partial charge in [-0.05, 0) is 107 Å². The first-order valence-electron chi connectivity index (χ1n) is 13.4. The highest BCUT2D eigenvalue weighted by Crippen LogP contribution is 2.48. The maximum Gasteiger partial charge on any atom is 0.294 e. The third kappa shape index (κ3) is 10.9. The van der Waals surface area contributed by atoms with Gasteiger partial charge in [-0.1, -0.05) is 49.2 Å². The summed E-state index contributed by atoms with van der Waals surface area (Å²) in [6, 6.07) is 12.0. The van der Waals surface area contributed by atoms with Gasteiger partial charge < -0.3 is 10.2 Å². The van der Waals surface area contributed by atoms with E-state index < -0.39 is 20.2 Å². The average Bonchev–Trinajstić information content (AvgIpc) is 2.85. The van der Waals surface area contributed by atoms with Crippen molar-refractivity contribution in [2.24, 2.45) is 17.3 Å². The Kier molecular flexibility index (Phi) is 12.1. The molecule has 0 saturated heterocycles. The molecule has 2 saturated carbocycles. The van der Waals surface area contributed by atoms with Crippen LogP contribution in [0.1, 0.15) is 76.3 Å². The van der Waals surface area contributed by atoms with Crippen LogP contribution < -0.4 is 0 Å². The predicted molar refractivity (Wildman–Crippen MR) is 152 cm³/mol. The molecule has 10 heteroatoms. The number of hydrogen-bond acceptors (Lipinski definition) is 6. The minimum Gasteiger partial charge on any atom is -0.393 e. The van der Waals surface area contributed by atoms with E-state index in [-0.39, 0.29) is 22.0 Å². The summed E-state index contributed by atoms with van der Waals surface area (Å²) in [5.74, 6) is 1.54. The summed E-state index contributed by atoms with van der Waals surface area (Å²) in [4.78, 5) is -0.133. The predicted octanol–water partition coefficient (Wildman–Crippen LogP) is 5.60. The molecule has 0 radical (unpaired) electrons. The van der Waals surface area contributed by atoms with E-state index in [0.717, 1.165) is 48.6 Å². The summed E-state index contributed by atoms with van der Waals surface area (Å²) >= 11 is 0. The quantitative estimate of drug-likeness (QED) is 0.339. The van der Waals surface area contributed by atoms with Crippen molar-refractivity contribution in [2.75, 3.05) is 0 Å². The standard InChI is InChI=1S/C15H28O2.2C7H8O3S/c1-15(2,11-3-7-13(16)8-4-11)12-5-9-14(17)10-6-12;2*1-6-2-4-7(5-3-6)11(8,9)10/h11-14,16-17H,3-10H2,1-2H3;2*2-5H,1H3,(H,8,9,10). The maximum absolute atomic E-state index is 10.5. The van der Waals surface area contributed by atoms with Gasteiger partial charge in [0.1, 0.15) is 0 Å². The molecular formula is C29H44O8S2. The van der Waals surface area contributed by atoms with E-state index in [4.69, 9.17) is 9.11 Å². The van der Waals surface area contributed by atoms with Gasteiger partial charge >= 0.3 is 0 Å². The molecule has 2 aromatic carbocycles. The summed E-state index contributed by atoms with van der Waals surface area (Å²) in [7, 11) is -8.04. The molecule has 0 atom stereocenters. The van der Waals surface area contributed by atoms with E-state index in [0.29, 0.717) is 5.41 Å². The van der Waals surface area contributed by atoms with Crippen LogP contribution in [0.3, 0.4) is 0 Å². The summed E-state index contributed by atoms with van der Waals surface area (Å²) in [5, 5.41) is 19.2. The van der Waals surface area contributed by atoms with Crippen molar-refractivity contribution in [1.82, 2.24) is 0 Å². The Hall–Kier alpha value is -1.82. The molecule has 0 heterocycles. The van der Waals surface area contributed by atoms with Crippen LogP contribution in [0.4, 0.5) is 0 Å². The van der Waals surface area contributed by atoms with Gasteiger partial charge in [0, 0.05) is 0 Å². The topological polar surface area (TPSA) is 149 Å². The summed E-state index contributed by atoms with van der Waals surface area (Å²) < 4.78 is 59.1. The first-order valence-corrected chi connectivity index (χ1v) is 16.3. The van der Waals surface area contributed by atoms with Crippen LogP contribution in [0.5, 0.6) is 0 Å². The number of aliphatic hydroxyl groups is 2. The molecule has 2 aliphatic rings. The second-order valence-electron chi connectivity index (χ2n) is 11.4. The van der Waals surface area contributed by atoms with Gasteiger partial charge in [-0.15, -0.1) is 0 Å². The van der Waals surface area contributed by atoms with Crippen LogP contribution in [-0.4, -0.2) is 48.4 Å². The smallest absolute Gasteiger partial charge is 0.294 e. The number of aliphatic hydroxyl groups excluding tert-OH is 2. The lowest BCUT2D eigenvalue weighted by Gasteiger charge is -2.46. The molecule has 0 unspecified atom stereocenters. The zero-order valence-electron chi connectivity index (χ0n) is 23.3. The first kappa shape index (κ1) is 33.4. The number of rotatable bonds is 4. The van der Waals surface area contributed by atoms with Gasteiger partial charge in [0.15, 0.2) is 0 Å². The van der Waals surface area contributed by atoms with Crippen molar-refractivity contribution < 1.29 is 36.2 Å². The highest BCUT2D eigenvalue weighted by atomic mass is 32.2. The van der Waals surface area contributed by atoms with E-state index in [1.54, 1.807) is 24.3 Å². The fraction of sp³-hybridized carbons (Fsp3) is 0.586. The molecule has 0 amide bonds. The zero-order valence-corrected chi connectivity index (χ0v) is 25.0. The Balaban J connectivity index is 0.000000214. The van der Waals surface area contributed by atoms with Crippen molar-refractivity contribution in [3.63, 3.8) is 0 Å². The molecule has 2 aromatic rings. The lowest BCUT2D eigenvalue weighted by Crippen LogP contribution is -2.38. The van der Waals surface area contributed by atoms with E-state index in [2.05, 4.69) is 13.8 Å². The average molecular weight is 585 g/mol. The molecule has 8 nitrogen and oxygen atoms in total. The monoisotopic (exact) mass is 584 g/mol. The Morgan fingerprint density at radius 3 is 1.05 bits per heavy atom. The van der Waals surface area contributed by atoms with Crippen LogP contribution in [0.15, 0.2) is 58.3 Å². The van der Waals surface area contributed by atoms with Crippen molar-refractivity contribution in [2.45, 2.75) is 101 Å². The Bertz CT molecular complexity index is 1120. The summed E-state index contributed by atoms with van der Waals surface area (Å²) in [6.07, 6.45) is 8.62. The van der Waals surface area contributed by atoms with Crippen LogP contribution in [0.25, 0.3) is 0 Å². The fourth-order valence-corrected chi connectivity index (χ4v) is 6.35. The Morgan fingerprint density at radius 1 is 0.564 bits per heavy atom. The third-order valence-corrected chi connectivity index (χ3v) is 9.87. The van der Waals surface area contributed by atoms with Crippen LogP contribution >= 0.6 is 0 Å². The van der Waals surface area contributed by atoms with Gasteiger partial charge in [0.25, 0.3) is 20.2 Å². The lowest BCUT2D eigenvalue weighted by molar-refractivity contribution is 0.00233. The van der Waals surface area contributed by atoms with Crippen molar-refractivity contribution in [3.8, 4) is 0 Å². The van der Waals surface area contributed by atoms with Crippen molar-refractivity contribution >= 4 is 20.2 Å². The second-order valence-corrected chi connectivity index (χ2v) is 14.3. The first-order chi connectivity index (χ1) is 18.0. The zero-order chi connectivity index (χ0) is 29.4. The van der Waals surface area contributed by atoms with Crippen LogP contribution in [0.2, 0.25) is 0 Å². The normalized spacial score (nSPS) is 24.0. The molecule has 0 aliphatic heterocycles. The largest absolute Gasteiger partial charge is 0.393 e. The molecule has 2 fully saturated rings. The van der Waals surface area contributed by atoms with Crippen LogP contribution in [-0.2, 0) is 20.2 Å². The van der Waals surface area contributed by atoms with Crippen molar-refractivity contribution in [1.29, 1.82) is 0 Å². The Morgan fingerprint density at radius 2 is 0.821 bits per heavy atom. The van der Waals surface area contributed by atoms with Gasteiger partial charge in [-0.2, -0.15) is 16.8 Å². The van der Waals surface area contributed by atoms with Gasteiger partial charge in [0.05, 0.1) is 22.0 Å². The second kappa shape index (κ2) is 14.2. The molecule has 0 bridgehead atoms. The van der Waals surface area contributed by atoms with Crippen molar-refractivity contribution in [3.05, 3.63) is 59.7 Å². The minimum atomic E-state index is -4.02. The van der Waals surface area contributed by atoms with Gasteiger partial charge in [-0.3, -0.25) is 9.11 Å². The lowest BCUT2D eigenvalue weighted by atomic mass is 9.60. The molecule has 0 spiro atoms.